The van der Waals surface area contributed by atoms with Gasteiger partial charge >= 0.3 is 11.9 Å². The molecule has 0 rings (SSSR count). The number of carbonyl (C=O) groups is 4. The first kappa shape index (κ1) is 42.9. The summed E-state index contributed by atoms with van der Waals surface area (Å²) in [6.07, 6.45) is 1.17. The lowest BCUT2D eigenvalue weighted by molar-refractivity contribution is -0.141. The molecule has 0 aromatic carbocycles. The van der Waals surface area contributed by atoms with Crippen LogP contribution < -0.4 is 22.1 Å². The van der Waals surface area contributed by atoms with Crippen LogP contribution in [0.5, 0.6) is 0 Å². The third-order valence-electron chi connectivity index (χ3n) is 3.17. The van der Waals surface area contributed by atoms with Gasteiger partial charge in [-0.15, -0.1) is 12.4 Å². The van der Waals surface area contributed by atoms with Crippen molar-refractivity contribution < 1.29 is 38.3 Å². The molecular formula is C18H39Cl3N4O8S. The van der Waals surface area contributed by atoms with E-state index in [1.807, 2.05) is 27.7 Å². The molecule has 0 fully saturated rings. The Balaban J connectivity index is -0.000000131. The monoisotopic (exact) mass is 576 g/mol. The molecule has 0 aromatic rings. The van der Waals surface area contributed by atoms with Gasteiger partial charge in [0.2, 0.25) is 21.0 Å². The van der Waals surface area contributed by atoms with Crippen molar-refractivity contribution >= 4 is 66.8 Å². The van der Waals surface area contributed by atoms with Crippen molar-refractivity contribution in [3.05, 3.63) is 0 Å². The van der Waals surface area contributed by atoms with Crippen molar-refractivity contribution in [3.63, 3.8) is 0 Å². The summed E-state index contributed by atoms with van der Waals surface area (Å²) in [5.74, 6) is -1.58. The van der Waals surface area contributed by atoms with Crippen molar-refractivity contribution in [2.45, 2.75) is 52.6 Å². The van der Waals surface area contributed by atoms with E-state index in [1.54, 1.807) is 0 Å². The summed E-state index contributed by atoms with van der Waals surface area (Å²) in [5.41, 5.74) is 11.1. The van der Waals surface area contributed by atoms with Gasteiger partial charge in [-0.3, -0.25) is 19.2 Å². The molecule has 16 heteroatoms. The molecule has 0 aliphatic heterocycles. The Labute approximate surface area is 218 Å². The second kappa shape index (κ2) is 28.0. The first-order valence-corrected chi connectivity index (χ1v) is 12.5. The fourth-order valence-corrected chi connectivity index (χ4v) is 1.89. The van der Waals surface area contributed by atoms with Gasteiger partial charge in [0.25, 0.3) is 0 Å². The van der Waals surface area contributed by atoms with Crippen LogP contribution in [-0.4, -0.2) is 77.6 Å². The number of carboxylic acids is 1. The fourth-order valence-electron chi connectivity index (χ4n) is 1.89. The minimum absolute atomic E-state index is 0. The SMILES string of the molecule is CC(C)CC(N)C(=O)NCC(=O)O.CO.COC(=O)CNC(=O)C(N)CC(C)C.Cl.O=S(Cl)Cl. The summed E-state index contributed by atoms with van der Waals surface area (Å²) in [5, 5.41) is 19.9. The van der Waals surface area contributed by atoms with Crippen LogP contribution in [0.1, 0.15) is 40.5 Å². The van der Waals surface area contributed by atoms with Crippen molar-refractivity contribution in [3.8, 4) is 0 Å². The van der Waals surface area contributed by atoms with Crippen LogP contribution in [-0.2, 0) is 33.1 Å². The first-order valence-electron chi connectivity index (χ1n) is 9.68. The van der Waals surface area contributed by atoms with Gasteiger partial charge < -0.3 is 37.1 Å². The summed E-state index contributed by atoms with van der Waals surface area (Å²) < 4.78 is 13.5. The average Bonchev–Trinajstić information content (AvgIpc) is 2.70. The largest absolute Gasteiger partial charge is 0.480 e. The minimum Gasteiger partial charge on any atom is -0.480 e. The van der Waals surface area contributed by atoms with E-state index in [-0.39, 0.29) is 31.4 Å². The second-order valence-electron chi connectivity index (χ2n) is 7.06. The van der Waals surface area contributed by atoms with E-state index in [1.165, 1.54) is 7.11 Å². The van der Waals surface area contributed by atoms with E-state index >= 15 is 0 Å². The molecule has 0 aliphatic carbocycles. The topological polar surface area (TPSA) is 211 Å². The molecule has 2 unspecified atom stereocenters. The number of aliphatic hydroxyl groups is 1. The molecule has 0 saturated heterocycles. The molecule has 0 heterocycles. The zero-order chi connectivity index (χ0) is 27.1. The number of carbonyl (C=O) groups excluding carboxylic acids is 3. The van der Waals surface area contributed by atoms with Gasteiger partial charge in [0, 0.05) is 28.5 Å². The molecule has 8 N–H and O–H groups in total. The number of amides is 2. The van der Waals surface area contributed by atoms with Crippen molar-refractivity contribution in [2.24, 2.45) is 23.3 Å². The highest BCUT2D eigenvalue weighted by Gasteiger charge is 2.16. The molecule has 2 atom stereocenters. The normalized spacial score (nSPS) is 11.1. The molecule has 12 nitrogen and oxygen atoms in total. The van der Waals surface area contributed by atoms with Crippen LogP contribution in [0.4, 0.5) is 0 Å². The van der Waals surface area contributed by atoms with Gasteiger partial charge in [-0.2, -0.15) is 0 Å². The van der Waals surface area contributed by atoms with Gasteiger partial charge in [0.1, 0.15) is 13.1 Å². The standard InChI is InChI=1S/C9H18N2O3.C8H16N2O3.CH4O.Cl2OS.ClH/c1-6(2)4-7(10)9(13)11-5-8(12)14-3;1-5(2)3-6(9)8(13)10-4-7(11)12;1-2;1-4(2)3;/h6-7H,4-5,10H2,1-3H3,(H,11,13);5-6H,3-4,9H2,1-2H3,(H,10,13)(H,11,12);2H,1H3;;1H. The molecule has 0 bridgehead atoms. The van der Waals surface area contributed by atoms with Gasteiger partial charge in [-0.05, 0) is 24.7 Å². The number of hydrogen-bond acceptors (Lipinski definition) is 9. The molecule has 2 amide bonds. The Bertz CT molecular complexity index is 583. The van der Waals surface area contributed by atoms with Crippen LogP contribution in [0.15, 0.2) is 0 Å². The maximum Gasteiger partial charge on any atom is 0.325 e. The fraction of sp³-hybridized carbons (Fsp3) is 0.778. The van der Waals surface area contributed by atoms with Gasteiger partial charge in [0.05, 0.1) is 19.2 Å². The first-order chi connectivity index (χ1) is 15.1. The number of carboxylic acid groups (broad SMARTS) is 1. The smallest absolute Gasteiger partial charge is 0.325 e. The van der Waals surface area contributed by atoms with Crippen molar-refractivity contribution in [1.29, 1.82) is 0 Å². The van der Waals surface area contributed by atoms with E-state index in [4.69, 9.17) is 25.9 Å². The number of hydrogen-bond donors (Lipinski definition) is 6. The summed E-state index contributed by atoms with van der Waals surface area (Å²) in [4.78, 5) is 43.1. The van der Waals surface area contributed by atoms with Gasteiger partial charge in [-0.1, -0.05) is 27.7 Å². The predicted octanol–water partition coefficient (Wildman–Crippen LogP) is 0.283. The molecule has 0 aliphatic rings. The molecule has 0 aromatic heterocycles. The summed E-state index contributed by atoms with van der Waals surface area (Å²) >= 11 is 0. The van der Waals surface area contributed by atoms with E-state index < -0.39 is 39.2 Å². The van der Waals surface area contributed by atoms with Crippen LogP contribution in [0, 0.1) is 11.8 Å². The number of aliphatic carboxylic acids is 1. The highest BCUT2D eigenvalue weighted by molar-refractivity contribution is 8.26. The van der Waals surface area contributed by atoms with E-state index in [0.717, 1.165) is 7.11 Å². The molecule has 206 valence electrons. The van der Waals surface area contributed by atoms with Crippen LogP contribution in [0.2, 0.25) is 0 Å². The zero-order valence-corrected chi connectivity index (χ0v) is 23.4. The molecule has 0 spiro atoms. The lowest BCUT2D eigenvalue weighted by Crippen LogP contribution is -2.43. The van der Waals surface area contributed by atoms with Crippen LogP contribution in [0.3, 0.4) is 0 Å². The Morgan fingerprint density at radius 2 is 1.18 bits per heavy atom. The quantitative estimate of drug-likeness (QED) is 0.154. The van der Waals surface area contributed by atoms with Crippen molar-refractivity contribution in [1.82, 2.24) is 10.6 Å². The molecule has 0 radical (unpaired) electrons. The zero-order valence-electron chi connectivity index (χ0n) is 20.2. The Morgan fingerprint density at radius 3 is 1.41 bits per heavy atom. The number of aliphatic hydroxyl groups excluding tert-OH is 1. The molecule has 34 heavy (non-hydrogen) atoms. The highest BCUT2D eigenvalue weighted by Crippen LogP contribution is 2.02. The maximum absolute atomic E-state index is 11.3. The van der Waals surface area contributed by atoms with E-state index in [0.29, 0.717) is 24.7 Å². The second-order valence-corrected chi connectivity index (χ2v) is 9.59. The van der Waals surface area contributed by atoms with E-state index in [9.17, 15) is 19.2 Å². The lowest BCUT2D eigenvalue weighted by Gasteiger charge is -2.13. The summed E-state index contributed by atoms with van der Waals surface area (Å²) in [7, 11) is 9.62. The Morgan fingerprint density at radius 1 is 0.882 bits per heavy atom. The molecular weight excluding hydrogens is 539 g/mol. The number of nitrogens with one attached hydrogen (secondary N) is 2. The number of rotatable bonds is 10. The molecule has 0 saturated carbocycles. The van der Waals surface area contributed by atoms with Gasteiger partial charge in [0.15, 0.2) is 0 Å². The lowest BCUT2D eigenvalue weighted by atomic mass is 10.0. The van der Waals surface area contributed by atoms with Crippen molar-refractivity contribution in [2.75, 3.05) is 27.3 Å². The number of methoxy groups -OCH3 is 1. The number of ether oxygens (including phenoxy) is 1. The minimum atomic E-state index is -1.67. The number of esters is 1. The predicted molar refractivity (Wildman–Crippen MR) is 136 cm³/mol. The van der Waals surface area contributed by atoms with E-state index in [2.05, 4.69) is 36.7 Å². The third kappa shape index (κ3) is 38.1. The van der Waals surface area contributed by atoms with Crippen LogP contribution in [0.25, 0.3) is 0 Å². The van der Waals surface area contributed by atoms with Crippen LogP contribution >= 0.6 is 33.8 Å². The summed E-state index contributed by atoms with van der Waals surface area (Å²) in [6.45, 7) is 7.36. The summed E-state index contributed by atoms with van der Waals surface area (Å²) in [6, 6.07) is -1.17. The number of halogens is 3. The average molecular weight is 578 g/mol. The van der Waals surface area contributed by atoms with Gasteiger partial charge in [-0.25, -0.2) is 4.21 Å². The third-order valence-corrected chi connectivity index (χ3v) is 3.17. The Kier molecular flexibility index (Phi) is 35.4. The Hall–Kier alpha value is -1.22. The maximum atomic E-state index is 11.3. The number of nitrogens with two attached hydrogens (primary N) is 2. The highest BCUT2D eigenvalue weighted by atomic mass is 36.0.